The first-order valence-electron chi connectivity index (χ1n) is 3.87. The van der Waals surface area contributed by atoms with E-state index in [-0.39, 0.29) is 5.78 Å². The van der Waals surface area contributed by atoms with E-state index < -0.39 is 0 Å². The van der Waals surface area contributed by atoms with Crippen LogP contribution in [-0.4, -0.2) is 5.78 Å². The topological polar surface area (TPSA) is 30.2 Å². The molecule has 0 saturated heterocycles. The van der Waals surface area contributed by atoms with Gasteiger partial charge >= 0.3 is 0 Å². The highest BCUT2D eigenvalue weighted by molar-refractivity contribution is 5.98. The quantitative estimate of drug-likeness (QED) is 0.566. The third-order valence-corrected chi connectivity index (χ3v) is 2.11. The van der Waals surface area contributed by atoms with Gasteiger partial charge in [0.15, 0.2) is 5.78 Å². The predicted molar refractivity (Wildman–Crippen MR) is 40.5 cm³/mol. The van der Waals surface area contributed by atoms with Gasteiger partial charge in [-0.25, -0.2) is 0 Å². The van der Waals surface area contributed by atoms with Crippen LogP contribution in [0.5, 0.6) is 0 Å². The van der Waals surface area contributed by atoms with E-state index in [0.29, 0.717) is 12.3 Å². The molecule has 58 valence electrons. The number of Topliss-reactive ketones (excluding diaryl/α,β-unsaturated/α-hetero) is 1. The molecule has 0 N–H and O–H groups in total. The SMILES string of the molecule is CC1CC(=O)c2ccoc2C1. The van der Waals surface area contributed by atoms with E-state index in [4.69, 9.17) is 4.42 Å². The minimum absolute atomic E-state index is 0.229. The van der Waals surface area contributed by atoms with Crippen molar-refractivity contribution in [2.45, 2.75) is 19.8 Å². The fourth-order valence-corrected chi connectivity index (χ4v) is 1.56. The molecule has 0 amide bonds. The monoisotopic (exact) mass is 150 g/mol. The number of furan rings is 1. The van der Waals surface area contributed by atoms with Crippen LogP contribution < -0.4 is 0 Å². The Hall–Kier alpha value is -1.05. The molecule has 0 radical (unpaired) electrons. The Morgan fingerprint density at radius 2 is 2.36 bits per heavy atom. The Kier molecular flexibility index (Phi) is 1.34. The van der Waals surface area contributed by atoms with E-state index >= 15 is 0 Å². The molecular weight excluding hydrogens is 140 g/mol. The summed E-state index contributed by atoms with van der Waals surface area (Å²) >= 11 is 0. The van der Waals surface area contributed by atoms with Gasteiger partial charge in [0.1, 0.15) is 5.76 Å². The summed E-state index contributed by atoms with van der Waals surface area (Å²) < 4.78 is 5.18. The molecule has 1 aromatic heterocycles. The van der Waals surface area contributed by atoms with Gasteiger partial charge in [-0.15, -0.1) is 0 Å². The fourth-order valence-electron chi connectivity index (χ4n) is 1.56. The van der Waals surface area contributed by atoms with Gasteiger partial charge in [0, 0.05) is 12.8 Å². The molecule has 0 saturated carbocycles. The zero-order valence-corrected chi connectivity index (χ0v) is 6.46. The van der Waals surface area contributed by atoms with Crippen molar-refractivity contribution >= 4 is 5.78 Å². The maximum absolute atomic E-state index is 11.3. The fraction of sp³-hybridized carbons (Fsp3) is 0.444. The lowest BCUT2D eigenvalue weighted by atomic mass is 9.89. The molecular formula is C9H10O2. The van der Waals surface area contributed by atoms with Crippen LogP contribution >= 0.6 is 0 Å². The third-order valence-electron chi connectivity index (χ3n) is 2.11. The summed E-state index contributed by atoms with van der Waals surface area (Å²) in [5, 5.41) is 0. The van der Waals surface area contributed by atoms with Crippen LogP contribution in [0.25, 0.3) is 0 Å². The lowest BCUT2D eigenvalue weighted by Gasteiger charge is -2.14. The van der Waals surface area contributed by atoms with Gasteiger partial charge in [-0.05, 0) is 12.0 Å². The summed E-state index contributed by atoms with van der Waals surface area (Å²) in [7, 11) is 0. The average molecular weight is 150 g/mol. The van der Waals surface area contributed by atoms with Crippen LogP contribution in [0.2, 0.25) is 0 Å². The Labute approximate surface area is 65.2 Å². The van der Waals surface area contributed by atoms with Gasteiger partial charge in [-0.1, -0.05) is 6.92 Å². The Morgan fingerprint density at radius 1 is 1.55 bits per heavy atom. The first kappa shape index (κ1) is 6.65. The van der Waals surface area contributed by atoms with Gasteiger partial charge in [0.25, 0.3) is 0 Å². The average Bonchev–Trinajstić information content (AvgIpc) is 2.34. The zero-order valence-electron chi connectivity index (χ0n) is 6.46. The van der Waals surface area contributed by atoms with Crippen LogP contribution in [0.1, 0.15) is 29.5 Å². The van der Waals surface area contributed by atoms with Gasteiger partial charge in [0.2, 0.25) is 0 Å². The number of fused-ring (bicyclic) bond motifs is 1. The van der Waals surface area contributed by atoms with Crippen molar-refractivity contribution in [2.75, 3.05) is 0 Å². The molecule has 0 fully saturated rings. The number of hydrogen-bond donors (Lipinski definition) is 0. The maximum atomic E-state index is 11.3. The van der Waals surface area contributed by atoms with E-state index in [2.05, 4.69) is 6.92 Å². The van der Waals surface area contributed by atoms with Crippen LogP contribution in [0.4, 0.5) is 0 Å². The summed E-state index contributed by atoms with van der Waals surface area (Å²) in [4.78, 5) is 11.3. The Morgan fingerprint density at radius 3 is 3.18 bits per heavy atom. The molecule has 2 nitrogen and oxygen atoms in total. The number of ketones is 1. The van der Waals surface area contributed by atoms with Gasteiger partial charge < -0.3 is 4.42 Å². The zero-order chi connectivity index (χ0) is 7.84. The van der Waals surface area contributed by atoms with Crippen LogP contribution in [0.3, 0.4) is 0 Å². The van der Waals surface area contributed by atoms with E-state index in [1.807, 2.05) is 0 Å². The molecule has 1 aromatic rings. The summed E-state index contributed by atoms with van der Waals surface area (Å²) in [5.74, 6) is 1.54. The molecule has 1 atom stereocenters. The predicted octanol–water partition coefficient (Wildman–Crippen LogP) is 2.04. The second kappa shape index (κ2) is 2.22. The highest BCUT2D eigenvalue weighted by Gasteiger charge is 2.24. The van der Waals surface area contributed by atoms with Crippen molar-refractivity contribution in [3.8, 4) is 0 Å². The molecule has 11 heavy (non-hydrogen) atoms. The van der Waals surface area contributed by atoms with Crippen LogP contribution in [0, 0.1) is 5.92 Å². The van der Waals surface area contributed by atoms with E-state index in [1.165, 1.54) is 0 Å². The summed E-state index contributed by atoms with van der Waals surface area (Å²) in [5.41, 5.74) is 0.795. The molecule has 1 heterocycles. The van der Waals surface area contributed by atoms with Crippen molar-refractivity contribution < 1.29 is 9.21 Å². The summed E-state index contributed by atoms with van der Waals surface area (Å²) in [6.07, 6.45) is 3.18. The molecule has 2 rings (SSSR count). The number of rotatable bonds is 0. The van der Waals surface area contributed by atoms with Gasteiger partial charge in [-0.3, -0.25) is 4.79 Å². The molecule has 0 bridgehead atoms. The van der Waals surface area contributed by atoms with Crippen LogP contribution in [-0.2, 0) is 6.42 Å². The van der Waals surface area contributed by atoms with Crippen molar-refractivity contribution in [1.29, 1.82) is 0 Å². The highest BCUT2D eigenvalue weighted by atomic mass is 16.3. The molecule has 0 aliphatic heterocycles. The Bertz CT molecular complexity index is 286. The number of carbonyl (C=O) groups excluding carboxylic acids is 1. The summed E-state index contributed by atoms with van der Waals surface area (Å²) in [6.45, 7) is 2.07. The normalized spacial score (nSPS) is 23.4. The van der Waals surface area contributed by atoms with Crippen molar-refractivity contribution in [3.63, 3.8) is 0 Å². The second-order valence-electron chi connectivity index (χ2n) is 3.19. The molecule has 0 aromatic carbocycles. The molecule has 0 spiro atoms. The first-order chi connectivity index (χ1) is 5.27. The highest BCUT2D eigenvalue weighted by Crippen LogP contribution is 2.25. The smallest absolute Gasteiger partial charge is 0.166 e. The summed E-state index contributed by atoms with van der Waals surface area (Å²) in [6, 6.07) is 1.77. The van der Waals surface area contributed by atoms with E-state index in [9.17, 15) is 4.79 Å². The lowest BCUT2D eigenvalue weighted by molar-refractivity contribution is 0.0949. The largest absolute Gasteiger partial charge is 0.469 e. The Balaban J connectivity index is 2.44. The third kappa shape index (κ3) is 0.985. The van der Waals surface area contributed by atoms with E-state index in [1.54, 1.807) is 12.3 Å². The minimum atomic E-state index is 0.229. The second-order valence-corrected chi connectivity index (χ2v) is 3.19. The number of carbonyl (C=O) groups is 1. The molecule has 2 heteroatoms. The number of hydrogen-bond acceptors (Lipinski definition) is 2. The van der Waals surface area contributed by atoms with Gasteiger partial charge in [0.05, 0.1) is 11.8 Å². The van der Waals surface area contributed by atoms with Crippen LogP contribution in [0.15, 0.2) is 16.7 Å². The van der Waals surface area contributed by atoms with Gasteiger partial charge in [-0.2, -0.15) is 0 Å². The van der Waals surface area contributed by atoms with E-state index in [0.717, 1.165) is 17.7 Å². The van der Waals surface area contributed by atoms with Crippen molar-refractivity contribution in [3.05, 3.63) is 23.7 Å². The van der Waals surface area contributed by atoms with Crippen molar-refractivity contribution in [1.82, 2.24) is 0 Å². The lowest BCUT2D eigenvalue weighted by Crippen LogP contribution is -2.15. The standard InChI is InChI=1S/C9H10O2/c1-6-4-8(10)7-2-3-11-9(7)5-6/h2-3,6H,4-5H2,1H3. The molecule has 1 aliphatic carbocycles. The molecule has 1 unspecified atom stereocenters. The molecule has 1 aliphatic rings. The maximum Gasteiger partial charge on any atom is 0.166 e. The first-order valence-corrected chi connectivity index (χ1v) is 3.87. The van der Waals surface area contributed by atoms with Crippen molar-refractivity contribution in [2.24, 2.45) is 5.92 Å². The minimum Gasteiger partial charge on any atom is -0.469 e.